The van der Waals surface area contributed by atoms with Crippen molar-refractivity contribution in [3.05, 3.63) is 0 Å². The normalized spacial score (nSPS) is 0. The van der Waals surface area contributed by atoms with E-state index < -0.39 is 0 Å². The van der Waals surface area contributed by atoms with E-state index in [1.807, 2.05) is 0 Å². The van der Waals surface area contributed by atoms with E-state index in [0.717, 1.165) is 0 Å². The van der Waals surface area contributed by atoms with E-state index in [1.54, 1.807) is 0 Å². The van der Waals surface area contributed by atoms with Crippen molar-refractivity contribution in [2.75, 3.05) is 0 Å². The molecule has 0 spiro atoms. The van der Waals surface area contributed by atoms with E-state index in [1.165, 1.54) is 0 Å². The van der Waals surface area contributed by atoms with Crippen LogP contribution in [0.3, 0.4) is 0 Å². The molecule has 0 radical (unpaired) electrons. The van der Waals surface area contributed by atoms with Gasteiger partial charge in [-0.25, -0.2) is 0 Å². The van der Waals surface area contributed by atoms with Crippen LogP contribution in [0.2, 0.25) is 0 Å². The summed E-state index contributed by atoms with van der Waals surface area (Å²) in [5, 5.41) is 0. The molecule has 0 N–H and O–H groups in total. The Hall–Kier alpha value is 2.30. The molecule has 0 aromatic heterocycles. The second kappa shape index (κ2) is 18.5. The summed E-state index contributed by atoms with van der Waals surface area (Å²) in [7, 11) is 0. The molecule has 0 aliphatic heterocycles. The molecule has 0 aromatic carbocycles. The molecular formula is HSe3Ta. The SMILES string of the molecule is [Se-2].[Se-2].[SeH-].[Ta+5]. The van der Waals surface area contributed by atoms with E-state index in [2.05, 4.69) is 0 Å². The Kier molecular flexibility index (Phi) is 155. The molecule has 0 unspecified atom stereocenters. The Bertz CT molecular complexity index is 3.25. The molecule has 4 heteroatoms. The minimum Gasteiger partial charge on any atom is 5.00 e. The van der Waals surface area contributed by atoms with Crippen molar-refractivity contribution in [1.82, 2.24) is 0 Å². The van der Waals surface area contributed by atoms with Crippen molar-refractivity contribution < 1.29 is 22.4 Å². The zero-order chi connectivity index (χ0) is 0. The minimum absolute atomic E-state index is 0. The summed E-state index contributed by atoms with van der Waals surface area (Å²) in [6.45, 7) is 0. The molecule has 4 heavy (non-hydrogen) atoms. The summed E-state index contributed by atoms with van der Waals surface area (Å²) in [5.41, 5.74) is 0. The average molecular weight is 419 g/mol. The van der Waals surface area contributed by atoms with E-state index in [0.29, 0.717) is 0 Å². The van der Waals surface area contributed by atoms with Gasteiger partial charge in [-0.05, 0) is 0 Å². The van der Waals surface area contributed by atoms with Crippen LogP contribution < -0.4 is 0 Å². The first-order valence-electron chi connectivity index (χ1n) is 0. The molecule has 0 amide bonds. The first-order chi connectivity index (χ1) is 0. The molecule has 0 aliphatic carbocycles. The van der Waals surface area contributed by atoms with Crippen LogP contribution in [0.15, 0.2) is 0 Å². The van der Waals surface area contributed by atoms with Gasteiger partial charge >= 0.3 is 39.4 Å². The van der Waals surface area contributed by atoms with Crippen LogP contribution in [0.25, 0.3) is 0 Å². The van der Waals surface area contributed by atoms with Gasteiger partial charge in [0, 0.05) is 0 Å². The molecule has 0 atom stereocenters. The maximum absolute atomic E-state index is 0. The fraction of sp³-hybridized carbons (Fsp3) is 0. The Morgan fingerprint density at radius 3 is 0.750 bits per heavy atom. The van der Waals surface area contributed by atoms with Crippen LogP contribution in [-0.2, 0) is 22.4 Å². The molecular weight excluding hydrogens is 418 g/mol. The van der Waals surface area contributed by atoms with Crippen LogP contribution in [0.4, 0.5) is 0 Å². The predicted octanol–water partition coefficient (Wildman–Crippen LogP) is -1.41. The number of rotatable bonds is 0. The molecule has 0 aromatic rings. The third-order valence-electron chi connectivity index (χ3n) is 0. The van der Waals surface area contributed by atoms with Gasteiger partial charge in [0.05, 0.1) is 0 Å². The zero-order valence-corrected chi connectivity index (χ0v) is 10.2. The zero-order valence-electron chi connectivity index (χ0n) is 1.71. The van der Waals surface area contributed by atoms with E-state index >= 15 is 0 Å². The van der Waals surface area contributed by atoms with E-state index in [9.17, 15) is 0 Å². The molecule has 0 nitrogen and oxygen atoms in total. The van der Waals surface area contributed by atoms with Gasteiger partial charge in [0.2, 0.25) is 0 Å². The molecule has 0 aliphatic rings. The molecule has 0 rings (SSSR count). The fourth-order valence-corrected chi connectivity index (χ4v) is 0. The van der Waals surface area contributed by atoms with Crippen LogP contribution in [0.5, 0.6) is 0 Å². The fourth-order valence-electron chi connectivity index (χ4n) is 0. The van der Waals surface area contributed by atoms with E-state index in [4.69, 9.17) is 0 Å². The van der Waals surface area contributed by atoms with Gasteiger partial charge in [0.1, 0.15) is 0 Å². The summed E-state index contributed by atoms with van der Waals surface area (Å²) < 4.78 is 0. The largest absolute Gasteiger partial charge is 5.00 e. The second-order valence-electron chi connectivity index (χ2n) is 0. The quantitative estimate of drug-likeness (QED) is 0.424. The van der Waals surface area contributed by atoms with Crippen LogP contribution in [0, 0.1) is 0 Å². The molecule has 0 saturated carbocycles. The minimum atomic E-state index is 0. The summed E-state index contributed by atoms with van der Waals surface area (Å²) in [6, 6.07) is 0. The van der Waals surface area contributed by atoms with Gasteiger partial charge in [0.15, 0.2) is 0 Å². The second-order valence-corrected chi connectivity index (χ2v) is 0. The molecule has 0 bridgehead atoms. The number of hydrogen-bond acceptors (Lipinski definition) is 0. The summed E-state index contributed by atoms with van der Waals surface area (Å²) >= 11 is 0. The smallest absolute Gasteiger partial charge is 5.00 e. The van der Waals surface area contributed by atoms with Gasteiger partial charge < -0.3 is 34.1 Å². The van der Waals surface area contributed by atoms with E-state index in [-0.39, 0.29) is 73.6 Å². The van der Waals surface area contributed by atoms with Crippen LogP contribution in [0.1, 0.15) is 0 Å². The summed E-state index contributed by atoms with van der Waals surface area (Å²) in [4.78, 5) is 0. The Balaban J connectivity index is 0. The van der Waals surface area contributed by atoms with Gasteiger partial charge in [-0.2, -0.15) is 0 Å². The van der Waals surface area contributed by atoms with Gasteiger partial charge in [0.25, 0.3) is 0 Å². The van der Waals surface area contributed by atoms with Crippen molar-refractivity contribution >= 4 is 51.2 Å². The number of hydrogen-bond donors (Lipinski definition) is 0. The topological polar surface area (TPSA) is 0 Å². The Morgan fingerprint density at radius 1 is 0.750 bits per heavy atom. The van der Waals surface area contributed by atoms with Crippen molar-refractivity contribution in [3.8, 4) is 0 Å². The molecule has 0 fully saturated rings. The third kappa shape index (κ3) is 8.85. The summed E-state index contributed by atoms with van der Waals surface area (Å²) in [6.07, 6.45) is 0. The first-order valence-corrected chi connectivity index (χ1v) is 0. The van der Waals surface area contributed by atoms with Crippen molar-refractivity contribution in [2.45, 2.75) is 0 Å². The van der Waals surface area contributed by atoms with Crippen molar-refractivity contribution in [3.63, 3.8) is 0 Å². The average Bonchev–Trinajstić information content (AvgIpc) is 0. The Labute approximate surface area is 72.8 Å². The van der Waals surface area contributed by atoms with Crippen LogP contribution >= 0.6 is 0 Å². The maximum Gasteiger partial charge on any atom is 5.00 e. The van der Waals surface area contributed by atoms with Crippen LogP contribution in [-0.4, -0.2) is 51.2 Å². The maximum atomic E-state index is 0. The monoisotopic (exact) mass is 422 g/mol. The predicted molar refractivity (Wildman–Crippen MR) is 18.7 cm³/mol. The Morgan fingerprint density at radius 2 is 0.750 bits per heavy atom. The molecule has 0 heterocycles. The van der Waals surface area contributed by atoms with Gasteiger partial charge in [-0.3, -0.25) is 0 Å². The van der Waals surface area contributed by atoms with Gasteiger partial charge in [-0.1, -0.05) is 0 Å². The molecule has 24 valence electrons. The summed E-state index contributed by atoms with van der Waals surface area (Å²) in [5.74, 6) is 0. The standard InChI is InChI=1S/H2Se.2Se.Ta/h1H2;;;/q;2*-2;+5/p-1. The van der Waals surface area contributed by atoms with Gasteiger partial charge in [-0.15, -0.1) is 0 Å². The first kappa shape index (κ1) is 33.5. The molecule has 0 saturated heterocycles. The van der Waals surface area contributed by atoms with Crippen molar-refractivity contribution in [2.24, 2.45) is 0 Å². The van der Waals surface area contributed by atoms with Crippen molar-refractivity contribution in [1.29, 1.82) is 0 Å². The third-order valence-corrected chi connectivity index (χ3v) is 0.